The Kier molecular flexibility index (Phi) is 2.02. The molecule has 20 heavy (non-hydrogen) atoms. The molecule has 0 aliphatic rings. The van der Waals surface area contributed by atoms with Crippen LogP contribution in [0.5, 0.6) is 0 Å². The molecule has 2 N–H and O–H groups in total. The van der Waals surface area contributed by atoms with Crippen LogP contribution in [0.4, 0.5) is 10.3 Å². The Morgan fingerprint density at radius 1 is 1.15 bits per heavy atom. The summed E-state index contributed by atoms with van der Waals surface area (Å²) in [4.78, 5) is 8.07. The molecule has 0 saturated heterocycles. The maximum absolute atomic E-state index is 13.6. The van der Waals surface area contributed by atoms with Crippen molar-refractivity contribution in [1.82, 2.24) is 29.0 Å². The predicted molar refractivity (Wildman–Crippen MR) is 69.3 cm³/mol. The van der Waals surface area contributed by atoms with Crippen LogP contribution in [-0.4, -0.2) is 29.0 Å². The van der Waals surface area contributed by atoms with Gasteiger partial charge in [0.1, 0.15) is 5.65 Å². The first-order chi connectivity index (χ1) is 9.75. The predicted octanol–water partition coefficient (Wildman–Crippen LogP) is 1.16. The molecule has 4 aromatic rings. The second-order valence-electron chi connectivity index (χ2n) is 4.22. The second-order valence-corrected chi connectivity index (χ2v) is 4.22. The molecule has 0 aliphatic carbocycles. The van der Waals surface area contributed by atoms with Gasteiger partial charge in [0.2, 0.25) is 11.9 Å². The number of fused-ring (bicyclic) bond motifs is 2. The fourth-order valence-electron chi connectivity index (χ4n) is 2.20. The summed E-state index contributed by atoms with van der Waals surface area (Å²) < 4.78 is 16.5. The van der Waals surface area contributed by atoms with Crippen LogP contribution in [-0.2, 0) is 0 Å². The van der Waals surface area contributed by atoms with E-state index in [-0.39, 0.29) is 5.95 Å². The molecule has 8 heteroatoms. The fraction of sp³-hybridized carbons (Fsp3) is 0. The van der Waals surface area contributed by atoms with Gasteiger partial charge in [-0.15, -0.1) is 10.2 Å². The first-order valence-electron chi connectivity index (χ1n) is 5.83. The molecular weight excluding hydrogens is 261 g/mol. The van der Waals surface area contributed by atoms with Crippen molar-refractivity contribution in [2.45, 2.75) is 0 Å². The van der Waals surface area contributed by atoms with Crippen molar-refractivity contribution in [2.24, 2.45) is 0 Å². The molecular formula is C12H8FN7. The van der Waals surface area contributed by atoms with Crippen LogP contribution in [0.2, 0.25) is 0 Å². The molecule has 0 radical (unpaired) electrons. The number of hydrogen-bond acceptors (Lipinski definition) is 5. The average molecular weight is 269 g/mol. The topological polar surface area (TPSA) is 86.4 Å². The molecule has 0 atom stereocenters. The number of nitrogen functional groups attached to an aromatic ring is 1. The Morgan fingerprint density at radius 3 is 2.95 bits per heavy atom. The van der Waals surface area contributed by atoms with E-state index in [9.17, 15) is 4.39 Å². The monoisotopic (exact) mass is 269 g/mol. The minimum Gasteiger partial charge on any atom is -0.369 e. The minimum atomic E-state index is -0.443. The summed E-state index contributed by atoms with van der Waals surface area (Å²) in [6.07, 6.45) is 4.30. The van der Waals surface area contributed by atoms with Crippen LogP contribution in [0.3, 0.4) is 0 Å². The lowest BCUT2D eigenvalue weighted by atomic mass is 10.2. The standard InChI is InChI=1S/C12H8FN7/c13-8-6-16-10-7(2-1-5-19(8)10)11-18-17-9-3-4-15-12(14)20(9)11/h1-6H,(H2,14,15). The number of aromatic nitrogens is 6. The zero-order chi connectivity index (χ0) is 13.7. The van der Waals surface area contributed by atoms with Gasteiger partial charge < -0.3 is 5.73 Å². The van der Waals surface area contributed by atoms with Gasteiger partial charge in [-0.05, 0) is 12.1 Å². The summed E-state index contributed by atoms with van der Waals surface area (Å²) in [6, 6.07) is 5.19. The van der Waals surface area contributed by atoms with Gasteiger partial charge in [0.15, 0.2) is 11.5 Å². The lowest BCUT2D eigenvalue weighted by Crippen LogP contribution is -2.02. The smallest absolute Gasteiger partial charge is 0.217 e. The number of anilines is 1. The van der Waals surface area contributed by atoms with Crippen molar-refractivity contribution in [3.8, 4) is 11.4 Å². The van der Waals surface area contributed by atoms with E-state index in [4.69, 9.17) is 5.73 Å². The number of rotatable bonds is 1. The lowest BCUT2D eigenvalue weighted by molar-refractivity contribution is 0.573. The van der Waals surface area contributed by atoms with Gasteiger partial charge in [-0.25, -0.2) is 14.4 Å². The SMILES string of the molecule is Nc1nccc2nnc(-c3cccn4c(F)cnc34)n12. The number of nitrogens with zero attached hydrogens (tertiary/aromatic N) is 6. The first kappa shape index (κ1) is 10.9. The molecule has 0 unspecified atom stereocenters. The van der Waals surface area contributed by atoms with E-state index in [1.807, 2.05) is 0 Å². The number of hydrogen-bond donors (Lipinski definition) is 1. The highest BCUT2D eigenvalue weighted by molar-refractivity contribution is 5.75. The molecule has 0 fully saturated rings. The summed E-state index contributed by atoms with van der Waals surface area (Å²) in [5, 5.41) is 8.13. The van der Waals surface area contributed by atoms with Crippen LogP contribution < -0.4 is 5.73 Å². The van der Waals surface area contributed by atoms with Gasteiger partial charge in [0.25, 0.3) is 0 Å². The van der Waals surface area contributed by atoms with E-state index < -0.39 is 5.95 Å². The van der Waals surface area contributed by atoms with Gasteiger partial charge in [-0.1, -0.05) is 0 Å². The molecule has 0 spiro atoms. The second kappa shape index (κ2) is 3.73. The average Bonchev–Trinajstić information content (AvgIpc) is 3.04. The molecule has 98 valence electrons. The van der Waals surface area contributed by atoms with Crippen molar-refractivity contribution in [1.29, 1.82) is 0 Å². The van der Waals surface area contributed by atoms with Gasteiger partial charge in [-0.3, -0.25) is 4.40 Å². The van der Waals surface area contributed by atoms with Crippen molar-refractivity contribution in [2.75, 3.05) is 5.73 Å². The Labute approximate surface area is 111 Å². The lowest BCUT2D eigenvalue weighted by Gasteiger charge is -2.04. The van der Waals surface area contributed by atoms with Crippen molar-refractivity contribution in [3.63, 3.8) is 0 Å². The number of nitrogens with two attached hydrogens (primary N) is 1. The zero-order valence-corrected chi connectivity index (χ0v) is 10.1. The van der Waals surface area contributed by atoms with Crippen molar-refractivity contribution >= 4 is 17.2 Å². The van der Waals surface area contributed by atoms with E-state index in [2.05, 4.69) is 20.2 Å². The highest BCUT2D eigenvalue weighted by Gasteiger charge is 2.15. The third-order valence-corrected chi connectivity index (χ3v) is 3.08. The van der Waals surface area contributed by atoms with Gasteiger partial charge in [0.05, 0.1) is 11.8 Å². The largest absolute Gasteiger partial charge is 0.369 e. The van der Waals surface area contributed by atoms with E-state index in [0.717, 1.165) is 6.20 Å². The van der Waals surface area contributed by atoms with Crippen molar-refractivity contribution < 1.29 is 4.39 Å². The number of halogens is 1. The third-order valence-electron chi connectivity index (χ3n) is 3.08. The molecule has 4 rings (SSSR count). The summed E-state index contributed by atoms with van der Waals surface area (Å²) in [5.41, 5.74) is 7.50. The van der Waals surface area contributed by atoms with Crippen LogP contribution in [0.25, 0.3) is 22.7 Å². The van der Waals surface area contributed by atoms with E-state index >= 15 is 0 Å². The molecule has 0 amide bonds. The van der Waals surface area contributed by atoms with E-state index in [1.54, 1.807) is 35.0 Å². The summed E-state index contributed by atoms with van der Waals surface area (Å²) >= 11 is 0. The molecule has 0 bridgehead atoms. The quantitative estimate of drug-likeness (QED) is 0.560. The number of imidazole rings is 1. The van der Waals surface area contributed by atoms with Gasteiger partial charge in [0, 0.05) is 18.5 Å². The molecule has 0 aromatic carbocycles. The fourth-order valence-corrected chi connectivity index (χ4v) is 2.20. The maximum atomic E-state index is 13.6. The normalized spacial score (nSPS) is 11.4. The Balaban J connectivity index is 2.12. The van der Waals surface area contributed by atoms with Crippen LogP contribution in [0.15, 0.2) is 36.8 Å². The van der Waals surface area contributed by atoms with Gasteiger partial charge >= 0.3 is 0 Å². The summed E-state index contributed by atoms with van der Waals surface area (Å²) in [5.74, 6) is 0.292. The zero-order valence-electron chi connectivity index (χ0n) is 10.1. The molecule has 4 heterocycles. The maximum Gasteiger partial charge on any atom is 0.217 e. The minimum absolute atomic E-state index is 0.261. The first-order valence-corrected chi connectivity index (χ1v) is 5.83. The molecule has 4 aromatic heterocycles. The highest BCUT2D eigenvalue weighted by Crippen LogP contribution is 2.24. The van der Waals surface area contributed by atoms with Crippen LogP contribution in [0, 0.1) is 5.95 Å². The third kappa shape index (κ3) is 1.32. The number of pyridine rings is 1. The van der Waals surface area contributed by atoms with Gasteiger partial charge in [-0.2, -0.15) is 4.39 Å². The molecule has 7 nitrogen and oxygen atoms in total. The Morgan fingerprint density at radius 2 is 2.05 bits per heavy atom. The van der Waals surface area contributed by atoms with E-state index in [0.29, 0.717) is 22.7 Å². The highest BCUT2D eigenvalue weighted by atomic mass is 19.1. The van der Waals surface area contributed by atoms with Crippen LogP contribution >= 0.6 is 0 Å². The Bertz CT molecular complexity index is 939. The van der Waals surface area contributed by atoms with E-state index in [1.165, 1.54) is 4.40 Å². The summed E-state index contributed by atoms with van der Waals surface area (Å²) in [6.45, 7) is 0. The van der Waals surface area contributed by atoms with Crippen LogP contribution in [0.1, 0.15) is 0 Å². The molecule has 0 saturated carbocycles. The van der Waals surface area contributed by atoms with Crippen molar-refractivity contribution in [3.05, 3.63) is 42.7 Å². The summed E-state index contributed by atoms with van der Waals surface area (Å²) in [7, 11) is 0. The molecule has 0 aliphatic heterocycles. The Hall–Kier alpha value is -3.03.